The number of hydrazine groups is 1. The van der Waals surface area contributed by atoms with Gasteiger partial charge in [-0.15, -0.1) is 0 Å². The van der Waals surface area contributed by atoms with Crippen LogP contribution in [0.25, 0.3) is 0 Å². The summed E-state index contributed by atoms with van der Waals surface area (Å²) in [7, 11) is 1.51. The van der Waals surface area contributed by atoms with Crippen LogP contribution in [0.15, 0.2) is 30.4 Å². The van der Waals surface area contributed by atoms with E-state index >= 15 is 0 Å². The van der Waals surface area contributed by atoms with E-state index in [1.54, 1.807) is 12.1 Å². The van der Waals surface area contributed by atoms with Crippen molar-refractivity contribution in [1.29, 1.82) is 0 Å². The van der Waals surface area contributed by atoms with Crippen molar-refractivity contribution >= 4 is 0 Å². The number of nitrogens with one attached hydrogen (secondary N) is 1. The molecule has 0 radical (unpaired) electrons. The van der Waals surface area contributed by atoms with Crippen LogP contribution in [0.3, 0.4) is 0 Å². The second kappa shape index (κ2) is 6.37. The lowest BCUT2D eigenvalue weighted by atomic mass is 9.98. The van der Waals surface area contributed by atoms with E-state index < -0.39 is 0 Å². The fourth-order valence-corrected chi connectivity index (χ4v) is 1.61. The van der Waals surface area contributed by atoms with E-state index in [1.807, 2.05) is 6.92 Å². The summed E-state index contributed by atoms with van der Waals surface area (Å²) in [6, 6.07) is 4.50. The van der Waals surface area contributed by atoms with Gasteiger partial charge >= 0.3 is 0 Å². The molecule has 1 unspecified atom stereocenters. The number of hydrogen-bond donors (Lipinski definition) is 2. The summed E-state index contributed by atoms with van der Waals surface area (Å²) in [6.07, 6.45) is 1.48. The molecule has 0 aliphatic carbocycles. The molecular weight excluding hydrogens is 219 g/mol. The van der Waals surface area contributed by atoms with Crippen molar-refractivity contribution in [2.24, 2.45) is 5.84 Å². The first-order valence-corrected chi connectivity index (χ1v) is 5.58. The molecule has 0 fully saturated rings. The van der Waals surface area contributed by atoms with E-state index in [4.69, 9.17) is 10.6 Å². The van der Waals surface area contributed by atoms with E-state index in [0.29, 0.717) is 17.7 Å². The molecule has 94 valence electrons. The quantitative estimate of drug-likeness (QED) is 0.455. The highest BCUT2D eigenvalue weighted by atomic mass is 19.1. The van der Waals surface area contributed by atoms with Gasteiger partial charge in [0.1, 0.15) is 11.6 Å². The lowest BCUT2D eigenvalue weighted by molar-refractivity contribution is 0.409. The van der Waals surface area contributed by atoms with E-state index in [0.717, 1.165) is 12.0 Å². The molecule has 3 nitrogen and oxygen atoms in total. The topological polar surface area (TPSA) is 47.3 Å². The molecule has 0 aliphatic rings. The van der Waals surface area contributed by atoms with Gasteiger partial charge in [-0.2, -0.15) is 0 Å². The number of hydrogen-bond acceptors (Lipinski definition) is 3. The summed E-state index contributed by atoms with van der Waals surface area (Å²) >= 11 is 0. The molecule has 1 atom stereocenters. The highest BCUT2D eigenvalue weighted by Crippen LogP contribution is 2.26. The third-order valence-corrected chi connectivity index (χ3v) is 2.78. The predicted octanol–water partition coefficient (Wildman–Crippen LogP) is 2.70. The number of halogens is 1. The number of ether oxygens (including phenoxy) is 1. The van der Waals surface area contributed by atoms with Gasteiger partial charge in [0.25, 0.3) is 0 Å². The monoisotopic (exact) mass is 238 g/mol. The summed E-state index contributed by atoms with van der Waals surface area (Å²) in [4.78, 5) is 0. The molecule has 0 bridgehead atoms. The van der Waals surface area contributed by atoms with Crippen LogP contribution >= 0.6 is 0 Å². The zero-order chi connectivity index (χ0) is 12.8. The molecular formula is C13H19FN2O. The van der Waals surface area contributed by atoms with Crippen molar-refractivity contribution in [2.75, 3.05) is 7.11 Å². The average molecular weight is 238 g/mol. The molecule has 3 N–H and O–H groups in total. The average Bonchev–Trinajstić information content (AvgIpc) is 2.35. The molecule has 0 aromatic heterocycles. The third kappa shape index (κ3) is 3.54. The van der Waals surface area contributed by atoms with Crippen molar-refractivity contribution in [2.45, 2.75) is 25.8 Å². The molecule has 0 amide bonds. The van der Waals surface area contributed by atoms with Gasteiger partial charge in [-0.1, -0.05) is 25.1 Å². The summed E-state index contributed by atoms with van der Waals surface area (Å²) < 4.78 is 18.8. The Bertz CT molecular complexity index is 393. The minimum absolute atomic E-state index is 0.256. The number of rotatable bonds is 6. The van der Waals surface area contributed by atoms with Crippen LogP contribution in [0, 0.1) is 5.82 Å². The van der Waals surface area contributed by atoms with Gasteiger partial charge in [-0.3, -0.25) is 11.3 Å². The highest BCUT2D eigenvalue weighted by molar-refractivity contribution is 5.31. The van der Waals surface area contributed by atoms with Crippen molar-refractivity contribution in [3.63, 3.8) is 0 Å². The Morgan fingerprint density at radius 1 is 1.59 bits per heavy atom. The number of methoxy groups -OCH3 is 1. The summed E-state index contributed by atoms with van der Waals surface area (Å²) in [5.41, 5.74) is 4.18. The van der Waals surface area contributed by atoms with Crippen molar-refractivity contribution in [3.05, 3.63) is 41.7 Å². The minimum atomic E-state index is -0.323. The molecule has 0 saturated carbocycles. The van der Waals surface area contributed by atoms with Gasteiger partial charge in [0.2, 0.25) is 0 Å². The Hall–Kier alpha value is -1.39. The van der Waals surface area contributed by atoms with Crippen molar-refractivity contribution < 1.29 is 9.13 Å². The molecule has 0 spiro atoms. The van der Waals surface area contributed by atoms with Crippen molar-refractivity contribution in [1.82, 2.24) is 5.43 Å². The normalized spacial score (nSPS) is 12.2. The minimum Gasteiger partial charge on any atom is -0.497 e. The largest absolute Gasteiger partial charge is 0.497 e. The Labute approximate surface area is 101 Å². The molecule has 1 rings (SSSR count). The van der Waals surface area contributed by atoms with Crippen LogP contribution in [-0.4, -0.2) is 7.11 Å². The van der Waals surface area contributed by atoms with Crippen LogP contribution < -0.4 is 16.0 Å². The smallest absolute Gasteiger partial charge is 0.131 e. The zero-order valence-corrected chi connectivity index (χ0v) is 10.3. The first-order chi connectivity index (χ1) is 8.12. The Morgan fingerprint density at radius 3 is 2.76 bits per heavy atom. The van der Waals surface area contributed by atoms with E-state index in [-0.39, 0.29) is 11.9 Å². The first kappa shape index (κ1) is 13.7. The van der Waals surface area contributed by atoms with Crippen LogP contribution in [0.2, 0.25) is 0 Å². The summed E-state index contributed by atoms with van der Waals surface area (Å²) in [5.74, 6) is 5.63. The molecule has 4 heteroatoms. The molecule has 0 aliphatic heterocycles. The molecule has 17 heavy (non-hydrogen) atoms. The van der Waals surface area contributed by atoms with Gasteiger partial charge in [0.05, 0.1) is 13.2 Å². The summed E-state index contributed by atoms with van der Waals surface area (Å²) in [5, 5.41) is 0. The number of nitrogens with two attached hydrogens (primary N) is 1. The Morgan fingerprint density at radius 2 is 2.29 bits per heavy atom. The van der Waals surface area contributed by atoms with Crippen LogP contribution in [0.4, 0.5) is 4.39 Å². The zero-order valence-electron chi connectivity index (χ0n) is 10.3. The lowest BCUT2D eigenvalue weighted by Gasteiger charge is -2.18. The SMILES string of the molecule is C=C(CC)CC(NN)c1ccc(OC)cc1F. The van der Waals surface area contributed by atoms with Crippen molar-refractivity contribution in [3.8, 4) is 5.75 Å². The lowest BCUT2D eigenvalue weighted by Crippen LogP contribution is -2.29. The van der Waals surface area contributed by atoms with E-state index in [9.17, 15) is 4.39 Å². The maximum atomic E-state index is 13.8. The summed E-state index contributed by atoms with van der Waals surface area (Å²) in [6.45, 7) is 5.92. The standard InChI is InChI=1S/C13H19FN2O/c1-4-9(2)7-13(16-15)11-6-5-10(17-3)8-12(11)14/h5-6,8,13,16H,2,4,7,15H2,1,3H3. The fraction of sp³-hybridized carbons (Fsp3) is 0.385. The van der Waals surface area contributed by atoms with Crippen LogP contribution in [0.5, 0.6) is 5.75 Å². The maximum absolute atomic E-state index is 13.8. The second-order valence-electron chi connectivity index (χ2n) is 3.91. The molecule has 1 aromatic carbocycles. The second-order valence-corrected chi connectivity index (χ2v) is 3.91. The first-order valence-electron chi connectivity index (χ1n) is 5.58. The number of benzene rings is 1. The van der Waals surface area contributed by atoms with Crippen LogP contribution in [-0.2, 0) is 0 Å². The molecule has 1 aromatic rings. The Balaban J connectivity index is 2.92. The fourth-order valence-electron chi connectivity index (χ4n) is 1.61. The third-order valence-electron chi connectivity index (χ3n) is 2.78. The molecule has 0 heterocycles. The van der Waals surface area contributed by atoms with E-state index in [1.165, 1.54) is 13.2 Å². The predicted molar refractivity (Wildman–Crippen MR) is 67.1 cm³/mol. The highest BCUT2D eigenvalue weighted by Gasteiger charge is 2.15. The van der Waals surface area contributed by atoms with Gasteiger partial charge in [0.15, 0.2) is 0 Å². The Kier molecular flexibility index (Phi) is 5.12. The van der Waals surface area contributed by atoms with Gasteiger partial charge in [-0.05, 0) is 18.9 Å². The van der Waals surface area contributed by atoms with Crippen LogP contribution in [0.1, 0.15) is 31.4 Å². The van der Waals surface area contributed by atoms with Gasteiger partial charge in [0, 0.05) is 11.6 Å². The van der Waals surface area contributed by atoms with Gasteiger partial charge < -0.3 is 4.74 Å². The molecule has 0 saturated heterocycles. The van der Waals surface area contributed by atoms with E-state index in [2.05, 4.69) is 12.0 Å². The maximum Gasteiger partial charge on any atom is 0.131 e. The van der Waals surface area contributed by atoms with Gasteiger partial charge in [-0.25, -0.2) is 4.39 Å².